The monoisotopic (exact) mass is 358 g/mol. The number of amides is 1. The highest BCUT2D eigenvalue weighted by molar-refractivity contribution is 5.79. The second-order valence-corrected chi connectivity index (χ2v) is 6.25. The summed E-state index contributed by atoms with van der Waals surface area (Å²) in [7, 11) is 3.17. The van der Waals surface area contributed by atoms with Gasteiger partial charge in [-0.05, 0) is 24.1 Å². The molecule has 1 aromatic rings. The average molecular weight is 358 g/mol. The number of benzene rings is 1. The van der Waals surface area contributed by atoms with Gasteiger partial charge in [0, 0.05) is 32.4 Å². The van der Waals surface area contributed by atoms with Crippen molar-refractivity contribution in [1.82, 2.24) is 5.32 Å². The number of nitrogens with zero attached hydrogens (tertiary/aromatic N) is 2. The van der Waals surface area contributed by atoms with Crippen molar-refractivity contribution in [2.45, 2.75) is 31.3 Å². The summed E-state index contributed by atoms with van der Waals surface area (Å²) in [6, 6.07) is 5.60. The van der Waals surface area contributed by atoms with Gasteiger partial charge in [0.15, 0.2) is 17.2 Å². The Kier molecular flexibility index (Phi) is 6.98. The Morgan fingerprint density at radius 1 is 1.31 bits per heavy atom. The standard InChI is InChI=1S/C19H26N4O3/c1-4-5-8-19(22-23-19)9-10-21-18(24)15(13-20)11-14-6-7-16(25-2)17(12-14)26-3/h1,6-7,12,15H,5,8-11,13,20H2,2-3H3,(H,21,24). The Hall–Kier alpha value is -2.59. The van der Waals surface area contributed by atoms with Crippen LogP contribution in [0.25, 0.3) is 0 Å². The van der Waals surface area contributed by atoms with E-state index in [1.54, 1.807) is 14.2 Å². The zero-order valence-electron chi connectivity index (χ0n) is 15.3. The first kappa shape index (κ1) is 19.7. The molecule has 0 bridgehead atoms. The van der Waals surface area contributed by atoms with Crippen molar-refractivity contribution >= 4 is 5.91 Å². The quantitative estimate of drug-likeness (QED) is 0.590. The van der Waals surface area contributed by atoms with Crippen LogP contribution in [0.1, 0.15) is 24.8 Å². The Morgan fingerprint density at radius 3 is 2.62 bits per heavy atom. The van der Waals surface area contributed by atoms with Crippen LogP contribution in [0.5, 0.6) is 11.5 Å². The fourth-order valence-electron chi connectivity index (χ4n) is 2.77. The van der Waals surface area contributed by atoms with Crippen LogP contribution < -0.4 is 20.5 Å². The molecule has 1 atom stereocenters. The zero-order chi connectivity index (χ0) is 19.0. The van der Waals surface area contributed by atoms with E-state index >= 15 is 0 Å². The molecule has 1 aromatic carbocycles. The minimum atomic E-state index is -0.388. The molecule has 3 N–H and O–H groups in total. The highest BCUT2D eigenvalue weighted by Gasteiger charge is 2.38. The zero-order valence-corrected chi connectivity index (χ0v) is 15.3. The van der Waals surface area contributed by atoms with E-state index in [4.69, 9.17) is 21.6 Å². The number of carbonyl (C=O) groups excluding carboxylic acids is 1. The lowest BCUT2D eigenvalue weighted by molar-refractivity contribution is -0.124. The van der Waals surface area contributed by atoms with Gasteiger partial charge in [0.2, 0.25) is 5.91 Å². The van der Waals surface area contributed by atoms with E-state index in [2.05, 4.69) is 21.5 Å². The predicted octanol–water partition coefficient (Wildman–Crippen LogP) is 1.90. The highest BCUT2D eigenvalue weighted by Crippen LogP contribution is 2.36. The Labute approximate surface area is 154 Å². The van der Waals surface area contributed by atoms with E-state index in [0.29, 0.717) is 37.3 Å². The fourth-order valence-corrected chi connectivity index (χ4v) is 2.77. The van der Waals surface area contributed by atoms with Crippen molar-refractivity contribution in [3.05, 3.63) is 23.8 Å². The van der Waals surface area contributed by atoms with E-state index < -0.39 is 0 Å². The molecule has 0 fully saturated rings. The molecule has 0 saturated carbocycles. The van der Waals surface area contributed by atoms with Crippen LogP contribution in [-0.2, 0) is 11.2 Å². The van der Waals surface area contributed by atoms with Crippen molar-refractivity contribution in [3.63, 3.8) is 0 Å². The lowest BCUT2D eigenvalue weighted by Crippen LogP contribution is -2.37. The molecule has 7 nitrogen and oxygen atoms in total. The smallest absolute Gasteiger partial charge is 0.224 e. The number of nitrogens with one attached hydrogen (secondary N) is 1. The molecule has 7 heteroatoms. The number of ether oxygens (including phenoxy) is 2. The largest absolute Gasteiger partial charge is 0.493 e. The maximum atomic E-state index is 12.4. The molecular weight excluding hydrogens is 332 g/mol. The van der Waals surface area contributed by atoms with E-state index in [1.807, 2.05) is 18.2 Å². The lowest BCUT2D eigenvalue weighted by atomic mass is 9.98. The van der Waals surface area contributed by atoms with Crippen LogP contribution in [0.3, 0.4) is 0 Å². The van der Waals surface area contributed by atoms with E-state index in [-0.39, 0.29) is 24.0 Å². The van der Waals surface area contributed by atoms with Gasteiger partial charge in [0.25, 0.3) is 0 Å². The molecule has 1 aliphatic rings. The summed E-state index contributed by atoms with van der Waals surface area (Å²) >= 11 is 0. The van der Waals surface area contributed by atoms with E-state index in [0.717, 1.165) is 12.0 Å². The summed E-state index contributed by atoms with van der Waals surface area (Å²) < 4.78 is 10.5. The molecule has 0 radical (unpaired) electrons. The minimum absolute atomic E-state index is 0.0740. The van der Waals surface area contributed by atoms with Gasteiger partial charge >= 0.3 is 0 Å². The third-order valence-corrected chi connectivity index (χ3v) is 4.46. The van der Waals surface area contributed by atoms with Crippen molar-refractivity contribution in [3.8, 4) is 23.8 Å². The summed E-state index contributed by atoms with van der Waals surface area (Å²) in [6.07, 6.45) is 7.82. The minimum Gasteiger partial charge on any atom is -0.493 e. The molecule has 1 unspecified atom stereocenters. The molecule has 1 heterocycles. The van der Waals surface area contributed by atoms with Crippen LogP contribution in [0.2, 0.25) is 0 Å². The topological polar surface area (TPSA) is 98.3 Å². The van der Waals surface area contributed by atoms with Crippen molar-refractivity contribution in [1.29, 1.82) is 0 Å². The van der Waals surface area contributed by atoms with E-state index in [9.17, 15) is 4.79 Å². The van der Waals surface area contributed by atoms with Crippen LogP contribution in [0.15, 0.2) is 28.4 Å². The number of carbonyl (C=O) groups is 1. The first-order valence-electron chi connectivity index (χ1n) is 8.63. The van der Waals surface area contributed by atoms with Crippen LogP contribution in [-0.4, -0.2) is 38.9 Å². The first-order valence-corrected chi connectivity index (χ1v) is 8.63. The van der Waals surface area contributed by atoms with Gasteiger partial charge in [0.05, 0.1) is 20.1 Å². The average Bonchev–Trinajstić information content (AvgIpc) is 3.44. The maximum Gasteiger partial charge on any atom is 0.224 e. The number of hydrogen-bond donors (Lipinski definition) is 2. The van der Waals surface area contributed by atoms with Crippen molar-refractivity contribution in [2.75, 3.05) is 27.3 Å². The molecule has 0 spiro atoms. The number of rotatable bonds is 11. The number of hydrogen-bond acceptors (Lipinski definition) is 6. The Bertz CT molecular complexity index is 691. The molecule has 0 aliphatic carbocycles. The Balaban J connectivity index is 1.86. The van der Waals surface area contributed by atoms with Gasteiger partial charge in [-0.1, -0.05) is 6.07 Å². The lowest BCUT2D eigenvalue weighted by Gasteiger charge is -2.17. The first-order chi connectivity index (χ1) is 12.6. The van der Waals surface area contributed by atoms with Crippen LogP contribution in [0, 0.1) is 18.3 Å². The molecule has 2 rings (SSSR count). The molecule has 26 heavy (non-hydrogen) atoms. The molecular formula is C19H26N4O3. The Morgan fingerprint density at radius 2 is 2.04 bits per heavy atom. The number of terminal acetylenes is 1. The predicted molar refractivity (Wildman–Crippen MR) is 99.1 cm³/mol. The molecule has 0 aromatic heterocycles. The summed E-state index contributed by atoms with van der Waals surface area (Å²) in [5.41, 5.74) is 6.38. The van der Waals surface area contributed by atoms with Crippen LogP contribution in [0.4, 0.5) is 0 Å². The molecule has 1 amide bonds. The van der Waals surface area contributed by atoms with Crippen molar-refractivity contribution in [2.24, 2.45) is 21.9 Å². The van der Waals surface area contributed by atoms with Gasteiger partial charge in [-0.2, -0.15) is 10.2 Å². The highest BCUT2D eigenvalue weighted by atomic mass is 16.5. The maximum absolute atomic E-state index is 12.4. The summed E-state index contributed by atoms with van der Waals surface area (Å²) in [5.74, 6) is 3.49. The van der Waals surface area contributed by atoms with Gasteiger partial charge < -0.3 is 20.5 Å². The third-order valence-electron chi connectivity index (χ3n) is 4.46. The van der Waals surface area contributed by atoms with Gasteiger partial charge in [-0.25, -0.2) is 0 Å². The molecule has 1 aliphatic heterocycles. The summed E-state index contributed by atoms with van der Waals surface area (Å²) in [5, 5.41) is 11.1. The van der Waals surface area contributed by atoms with Crippen LogP contribution >= 0.6 is 0 Å². The second kappa shape index (κ2) is 9.20. The van der Waals surface area contributed by atoms with E-state index in [1.165, 1.54) is 0 Å². The normalized spacial score (nSPS) is 15.0. The van der Waals surface area contributed by atoms with Gasteiger partial charge in [-0.15, -0.1) is 12.3 Å². The van der Waals surface area contributed by atoms with Crippen molar-refractivity contribution < 1.29 is 14.3 Å². The number of methoxy groups -OCH3 is 2. The summed E-state index contributed by atoms with van der Waals surface area (Å²) in [6.45, 7) is 0.760. The van der Waals surface area contributed by atoms with Gasteiger partial charge in [0.1, 0.15) is 0 Å². The summed E-state index contributed by atoms with van der Waals surface area (Å²) in [4.78, 5) is 12.4. The molecule has 0 saturated heterocycles. The molecule has 140 valence electrons. The fraction of sp³-hybridized carbons (Fsp3) is 0.526. The second-order valence-electron chi connectivity index (χ2n) is 6.25. The third kappa shape index (κ3) is 5.20. The number of nitrogens with two attached hydrogens (primary N) is 1. The van der Waals surface area contributed by atoms with Gasteiger partial charge in [-0.3, -0.25) is 4.79 Å². The SMILES string of the molecule is C#CCCC1(CCNC(=O)C(CN)Cc2ccc(OC)c(OC)c2)N=N1.